The largest absolute Gasteiger partial charge is 0.273 e. The van der Waals surface area contributed by atoms with Gasteiger partial charge in [-0.15, -0.1) is 0 Å². The molecular formula is C22H19ClN2O2. The van der Waals surface area contributed by atoms with Gasteiger partial charge in [0.2, 0.25) is 5.91 Å². The first-order valence-electron chi connectivity index (χ1n) is 8.61. The second kappa shape index (κ2) is 9.01. The molecule has 0 bridgehead atoms. The molecule has 2 amide bonds. The summed E-state index contributed by atoms with van der Waals surface area (Å²) in [5.74, 6) is -0.634. The molecule has 4 nitrogen and oxygen atoms in total. The van der Waals surface area contributed by atoms with Gasteiger partial charge in [0.05, 0.1) is 0 Å². The summed E-state index contributed by atoms with van der Waals surface area (Å²) < 4.78 is 0. The van der Waals surface area contributed by atoms with E-state index >= 15 is 0 Å². The molecule has 0 unspecified atom stereocenters. The van der Waals surface area contributed by atoms with Crippen molar-refractivity contribution in [2.24, 2.45) is 0 Å². The van der Waals surface area contributed by atoms with E-state index in [1.165, 1.54) is 0 Å². The molecular weight excluding hydrogens is 360 g/mol. The average Bonchev–Trinajstić information content (AvgIpc) is 2.72. The minimum absolute atomic E-state index is 0.233. The van der Waals surface area contributed by atoms with Crippen molar-refractivity contribution in [2.75, 3.05) is 0 Å². The van der Waals surface area contributed by atoms with Crippen molar-refractivity contribution >= 4 is 23.4 Å². The van der Waals surface area contributed by atoms with Crippen LogP contribution in [0.1, 0.15) is 22.3 Å². The Labute approximate surface area is 163 Å². The maximum absolute atomic E-state index is 12.2. The number of carbonyl (C=O) groups excluding carboxylic acids is 2. The SMILES string of the molecule is O=C(CCc1ccccc1Cl)NNC(=O)c1ccc(-c2ccccc2)cc1. The van der Waals surface area contributed by atoms with E-state index in [2.05, 4.69) is 10.9 Å². The molecule has 0 aliphatic carbocycles. The Balaban J connectivity index is 1.50. The van der Waals surface area contributed by atoms with E-state index in [9.17, 15) is 9.59 Å². The highest BCUT2D eigenvalue weighted by Crippen LogP contribution is 2.19. The third-order valence-corrected chi connectivity index (χ3v) is 4.52. The Morgan fingerprint density at radius 3 is 2.07 bits per heavy atom. The standard InChI is InChI=1S/C22H19ClN2O2/c23-20-9-5-4-8-18(20)14-15-21(26)24-25-22(27)19-12-10-17(11-13-19)16-6-2-1-3-7-16/h1-13H,14-15H2,(H,24,26)(H,25,27). The van der Waals surface area contributed by atoms with E-state index < -0.39 is 0 Å². The summed E-state index contributed by atoms with van der Waals surface area (Å²) >= 11 is 6.07. The topological polar surface area (TPSA) is 58.2 Å². The molecule has 0 atom stereocenters. The predicted molar refractivity (Wildman–Crippen MR) is 107 cm³/mol. The Morgan fingerprint density at radius 1 is 0.741 bits per heavy atom. The molecule has 0 aliphatic rings. The lowest BCUT2D eigenvalue weighted by molar-refractivity contribution is -0.121. The van der Waals surface area contributed by atoms with Gasteiger partial charge in [-0.05, 0) is 41.3 Å². The van der Waals surface area contributed by atoms with Gasteiger partial charge in [0.1, 0.15) is 0 Å². The molecule has 3 rings (SSSR count). The molecule has 3 aromatic carbocycles. The van der Waals surface area contributed by atoms with Crippen LogP contribution in [0.4, 0.5) is 0 Å². The summed E-state index contributed by atoms with van der Waals surface area (Å²) in [5.41, 5.74) is 8.35. The van der Waals surface area contributed by atoms with Crippen LogP contribution < -0.4 is 10.9 Å². The van der Waals surface area contributed by atoms with E-state index in [1.807, 2.05) is 60.7 Å². The molecule has 2 N–H and O–H groups in total. The van der Waals surface area contributed by atoms with E-state index in [-0.39, 0.29) is 18.2 Å². The Morgan fingerprint density at radius 2 is 1.37 bits per heavy atom. The second-order valence-electron chi connectivity index (χ2n) is 6.04. The van der Waals surface area contributed by atoms with Gasteiger partial charge in [0, 0.05) is 17.0 Å². The van der Waals surface area contributed by atoms with Gasteiger partial charge in [-0.2, -0.15) is 0 Å². The number of hydrogen-bond donors (Lipinski definition) is 2. The number of hydrogen-bond acceptors (Lipinski definition) is 2. The highest BCUT2D eigenvalue weighted by atomic mass is 35.5. The molecule has 0 fully saturated rings. The number of aryl methyl sites for hydroxylation is 1. The van der Waals surface area contributed by atoms with Gasteiger partial charge in [-0.3, -0.25) is 20.4 Å². The monoisotopic (exact) mass is 378 g/mol. The van der Waals surface area contributed by atoms with Gasteiger partial charge >= 0.3 is 0 Å². The normalized spacial score (nSPS) is 10.3. The zero-order valence-electron chi connectivity index (χ0n) is 14.6. The molecule has 0 spiro atoms. The van der Waals surface area contributed by atoms with Crippen LogP contribution in [0, 0.1) is 0 Å². The van der Waals surface area contributed by atoms with Crippen molar-refractivity contribution in [3.63, 3.8) is 0 Å². The summed E-state index contributed by atoms with van der Waals surface area (Å²) in [7, 11) is 0. The van der Waals surface area contributed by atoms with Gasteiger partial charge in [-0.1, -0.05) is 72.3 Å². The van der Waals surface area contributed by atoms with Gasteiger partial charge in [-0.25, -0.2) is 0 Å². The molecule has 136 valence electrons. The third-order valence-electron chi connectivity index (χ3n) is 4.15. The van der Waals surface area contributed by atoms with Crippen molar-refractivity contribution in [1.29, 1.82) is 0 Å². The molecule has 27 heavy (non-hydrogen) atoms. The maximum atomic E-state index is 12.2. The number of hydrazine groups is 1. The first-order valence-corrected chi connectivity index (χ1v) is 8.99. The van der Waals surface area contributed by atoms with Crippen LogP contribution in [0.2, 0.25) is 5.02 Å². The molecule has 0 saturated heterocycles. The van der Waals surface area contributed by atoms with Crippen LogP contribution in [-0.2, 0) is 11.2 Å². The molecule has 0 heterocycles. The molecule has 5 heteroatoms. The van der Waals surface area contributed by atoms with E-state index in [4.69, 9.17) is 11.6 Å². The van der Waals surface area contributed by atoms with Crippen LogP contribution in [-0.4, -0.2) is 11.8 Å². The highest BCUT2D eigenvalue weighted by molar-refractivity contribution is 6.31. The third kappa shape index (κ3) is 5.19. The fourth-order valence-corrected chi connectivity index (χ4v) is 2.89. The fourth-order valence-electron chi connectivity index (χ4n) is 2.66. The summed E-state index contributed by atoms with van der Waals surface area (Å²) in [5, 5.41) is 0.632. The van der Waals surface area contributed by atoms with Crippen molar-refractivity contribution in [2.45, 2.75) is 12.8 Å². The van der Waals surface area contributed by atoms with Crippen molar-refractivity contribution in [1.82, 2.24) is 10.9 Å². The van der Waals surface area contributed by atoms with Crippen LogP contribution in [0.25, 0.3) is 11.1 Å². The van der Waals surface area contributed by atoms with Crippen LogP contribution in [0.5, 0.6) is 0 Å². The van der Waals surface area contributed by atoms with E-state index in [1.54, 1.807) is 18.2 Å². The van der Waals surface area contributed by atoms with Gasteiger partial charge in [0.15, 0.2) is 0 Å². The summed E-state index contributed by atoms with van der Waals surface area (Å²) in [4.78, 5) is 24.1. The lowest BCUT2D eigenvalue weighted by atomic mass is 10.0. The molecule has 0 radical (unpaired) electrons. The molecule has 0 saturated carbocycles. The fraction of sp³-hybridized carbons (Fsp3) is 0.0909. The Bertz CT molecular complexity index is 925. The minimum atomic E-state index is -0.360. The molecule has 0 aliphatic heterocycles. The van der Waals surface area contributed by atoms with Crippen LogP contribution in [0.15, 0.2) is 78.9 Å². The predicted octanol–water partition coefficient (Wildman–Crippen LogP) is 4.40. The summed E-state index contributed by atoms with van der Waals surface area (Å²) in [6, 6.07) is 24.5. The number of nitrogens with one attached hydrogen (secondary N) is 2. The maximum Gasteiger partial charge on any atom is 0.269 e. The lowest BCUT2D eigenvalue weighted by Crippen LogP contribution is -2.41. The highest BCUT2D eigenvalue weighted by Gasteiger charge is 2.09. The average molecular weight is 379 g/mol. The lowest BCUT2D eigenvalue weighted by Gasteiger charge is -2.09. The van der Waals surface area contributed by atoms with Crippen molar-refractivity contribution in [3.8, 4) is 11.1 Å². The first kappa shape index (κ1) is 18.7. The van der Waals surface area contributed by atoms with Crippen LogP contribution in [0.3, 0.4) is 0 Å². The molecule has 3 aromatic rings. The molecule has 0 aromatic heterocycles. The van der Waals surface area contributed by atoms with Gasteiger partial charge in [0.25, 0.3) is 5.91 Å². The van der Waals surface area contributed by atoms with Crippen molar-refractivity contribution in [3.05, 3.63) is 95.0 Å². The summed E-state index contributed by atoms with van der Waals surface area (Å²) in [6.07, 6.45) is 0.740. The number of rotatable bonds is 5. The van der Waals surface area contributed by atoms with Crippen LogP contribution >= 0.6 is 11.6 Å². The van der Waals surface area contributed by atoms with Gasteiger partial charge < -0.3 is 0 Å². The first-order chi connectivity index (χ1) is 13.1. The second-order valence-corrected chi connectivity index (χ2v) is 6.44. The number of amides is 2. The Kier molecular flexibility index (Phi) is 6.23. The number of carbonyl (C=O) groups is 2. The zero-order valence-corrected chi connectivity index (χ0v) is 15.4. The smallest absolute Gasteiger partial charge is 0.269 e. The number of benzene rings is 3. The number of halogens is 1. The quantitative estimate of drug-likeness (QED) is 0.646. The summed E-state index contributed by atoms with van der Waals surface area (Å²) in [6.45, 7) is 0. The van der Waals surface area contributed by atoms with E-state index in [0.29, 0.717) is 17.0 Å². The van der Waals surface area contributed by atoms with Crippen molar-refractivity contribution < 1.29 is 9.59 Å². The van der Waals surface area contributed by atoms with E-state index in [0.717, 1.165) is 16.7 Å². The minimum Gasteiger partial charge on any atom is -0.273 e. The zero-order chi connectivity index (χ0) is 19.1. The Hall–Kier alpha value is -3.11.